The highest BCUT2D eigenvalue weighted by Crippen LogP contribution is 2.31. The van der Waals surface area contributed by atoms with Crippen molar-refractivity contribution in [2.45, 2.75) is 13.1 Å². The topological polar surface area (TPSA) is 55.1 Å². The highest BCUT2D eigenvalue weighted by atomic mass is 35.5. The zero-order valence-electron chi connectivity index (χ0n) is 13.4. The first-order valence-electron chi connectivity index (χ1n) is 7.45. The Morgan fingerprint density at radius 1 is 1.15 bits per heavy atom. The summed E-state index contributed by atoms with van der Waals surface area (Å²) in [6, 6.07) is 9.36. The molecular formula is C18H12ClF3N2O2. The molecule has 0 unspecified atom stereocenters. The van der Waals surface area contributed by atoms with E-state index in [-0.39, 0.29) is 11.6 Å². The number of anilines is 1. The van der Waals surface area contributed by atoms with Crippen molar-refractivity contribution < 1.29 is 22.4 Å². The summed E-state index contributed by atoms with van der Waals surface area (Å²) in [6.45, 7) is 1.84. The van der Waals surface area contributed by atoms with E-state index in [2.05, 4.69) is 10.3 Å². The first kappa shape index (κ1) is 18.0. The molecule has 8 heteroatoms. The number of carbonyl (C=O) groups excluding carboxylic acids is 1. The maximum Gasteiger partial charge on any atom is 0.416 e. The number of halogens is 4. The van der Waals surface area contributed by atoms with Crippen molar-refractivity contribution in [2.75, 3.05) is 5.32 Å². The third-order valence-electron chi connectivity index (χ3n) is 3.63. The molecule has 0 spiro atoms. The van der Waals surface area contributed by atoms with Crippen LogP contribution in [0.3, 0.4) is 0 Å². The maximum atomic E-state index is 12.6. The van der Waals surface area contributed by atoms with Crippen LogP contribution in [0.1, 0.15) is 21.6 Å². The normalized spacial score (nSPS) is 11.4. The number of nitrogens with zero attached hydrogens (tertiary/aromatic N) is 1. The summed E-state index contributed by atoms with van der Waals surface area (Å²) >= 11 is 6.01. The second kappa shape index (κ2) is 6.84. The molecule has 0 aliphatic rings. The van der Waals surface area contributed by atoms with E-state index in [0.717, 1.165) is 24.0 Å². The van der Waals surface area contributed by atoms with Gasteiger partial charge in [0.15, 0.2) is 5.69 Å². The molecule has 0 saturated carbocycles. The molecule has 2 aromatic carbocycles. The minimum absolute atomic E-state index is 0.00315. The van der Waals surface area contributed by atoms with Gasteiger partial charge in [-0.15, -0.1) is 0 Å². The number of hydrogen-bond acceptors (Lipinski definition) is 3. The number of carbonyl (C=O) groups is 1. The average Bonchev–Trinajstić information content (AvgIpc) is 3.08. The summed E-state index contributed by atoms with van der Waals surface area (Å²) in [4.78, 5) is 16.2. The molecule has 134 valence electrons. The Hall–Kier alpha value is -2.80. The monoisotopic (exact) mass is 380 g/mol. The highest BCUT2D eigenvalue weighted by molar-refractivity contribution is 6.31. The molecule has 0 bridgehead atoms. The van der Waals surface area contributed by atoms with Gasteiger partial charge in [0.1, 0.15) is 6.26 Å². The van der Waals surface area contributed by atoms with Crippen molar-refractivity contribution in [3.05, 3.63) is 70.6 Å². The quantitative estimate of drug-likeness (QED) is 0.645. The number of rotatable bonds is 3. The Kier molecular flexibility index (Phi) is 4.73. The molecule has 1 heterocycles. The summed E-state index contributed by atoms with van der Waals surface area (Å²) in [5.41, 5.74) is 0.911. The Labute approximate surface area is 151 Å². The fraction of sp³-hybridized carbons (Fsp3) is 0.111. The molecule has 0 fully saturated rings. The summed E-state index contributed by atoms with van der Waals surface area (Å²) in [5, 5.41) is 3.13. The van der Waals surface area contributed by atoms with Crippen LogP contribution in [0.15, 0.2) is 53.1 Å². The number of hydrogen-bond donors (Lipinski definition) is 1. The van der Waals surface area contributed by atoms with Crippen LogP contribution in [-0.2, 0) is 6.18 Å². The lowest BCUT2D eigenvalue weighted by Crippen LogP contribution is -2.12. The fourth-order valence-corrected chi connectivity index (χ4v) is 2.36. The van der Waals surface area contributed by atoms with Gasteiger partial charge in [-0.1, -0.05) is 17.7 Å². The molecule has 0 aliphatic carbocycles. The minimum atomic E-state index is -4.42. The molecular weight excluding hydrogens is 369 g/mol. The third-order valence-corrected chi connectivity index (χ3v) is 4.03. The second-order valence-electron chi connectivity index (χ2n) is 5.53. The maximum absolute atomic E-state index is 12.6. The highest BCUT2D eigenvalue weighted by Gasteiger charge is 2.30. The fourth-order valence-electron chi connectivity index (χ4n) is 2.18. The van der Waals surface area contributed by atoms with E-state index in [4.69, 9.17) is 16.0 Å². The smallest absolute Gasteiger partial charge is 0.416 e. The van der Waals surface area contributed by atoms with E-state index >= 15 is 0 Å². The molecule has 4 nitrogen and oxygen atoms in total. The minimum Gasteiger partial charge on any atom is -0.444 e. The summed E-state index contributed by atoms with van der Waals surface area (Å²) in [6.07, 6.45) is -3.28. The molecule has 0 aliphatic heterocycles. The van der Waals surface area contributed by atoms with Crippen LogP contribution in [0.2, 0.25) is 5.02 Å². The van der Waals surface area contributed by atoms with Gasteiger partial charge in [-0.25, -0.2) is 4.98 Å². The van der Waals surface area contributed by atoms with Gasteiger partial charge in [-0.3, -0.25) is 4.79 Å². The summed E-state index contributed by atoms with van der Waals surface area (Å²) in [5.74, 6) is -0.474. The van der Waals surface area contributed by atoms with Crippen LogP contribution < -0.4 is 5.32 Å². The van der Waals surface area contributed by atoms with E-state index in [1.165, 1.54) is 12.1 Å². The van der Waals surface area contributed by atoms with Crippen molar-refractivity contribution >= 4 is 23.2 Å². The Morgan fingerprint density at radius 3 is 2.46 bits per heavy atom. The lowest BCUT2D eigenvalue weighted by atomic mass is 10.1. The standard InChI is InChI=1S/C18H12ClF3N2O2/c1-10-2-7-13(8-14(10)19)23-16(25)15-9-26-17(24-15)11-3-5-12(6-4-11)18(20,21)22/h2-9H,1H3,(H,23,25). The van der Waals surface area contributed by atoms with Crippen molar-refractivity contribution in [1.82, 2.24) is 4.98 Å². The average molecular weight is 381 g/mol. The molecule has 1 amide bonds. The lowest BCUT2D eigenvalue weighted by Gasteiger charge is -2.06. The van der Waals surface area contributed by atoms with Crippen molar-refractivity contribution in [3.63, 3.8) is 0 Å². The van der Waals surface area contributed by atoms with Gasteiger partial charge >= 0.3 is 6.18 Å². The number of aromatic nitrogens is 1. The van der Waals surface area contributed by atoms with E-state index in [1.807, 2.05) is 6.92 Å². The lowest BCUT2D eigenvalue weighted by molar-refractivity contribution is -0.137. The van der Waals surface area contributed by atoms with Crippen LogP contribution in [0.4, 0.5) is 18.9 Å². The van der Waals surface area contributed by atoms with Crippen LogP contribution in [0, 0.1) is 6.92 Å². The second-order valence-corrected chi connectivity index (χ2v) is 5.94. The molecule has 1 aromatic heterocycles. The van der Waals surface area contributed by atoms with Crippen molar-refractivity contribution in [3.8, 4) is 11.5 Å². The van der Waals surface area contributed by atoms with Crippen LogP contribution in [0.5, 0.6) is 0 Å². The van der Waals surface area contributed by atoms with Gasteiger partial charge in [0, 0.05) is 16.3 Å². The Bertz CT molecular complexity index is 950. The van der Waals surface area contributed by atoms with E-state index in [1.54, 1.807) is 18.2 Å². The summed E-state index contributed by atoms with van der Waals surface area (Å²) < 4.78 is 43.0. The van der Waals surface area contributed by atoms with Gasteiger partial charge < -0.3 is 9.73 Å². The number of nitrogens with one attached hydrogen (secondary N) is 1. The van der Waals surface area contributed by atoms with Gasteiger partial charge in [-0.2, -0.15) is 13.2 Å². The zero-order valence-corrected chi connectivity index (χ0v) is 14.2. The van der Waals surface area contributed by atoms with Crippen molar-refractivity contribution in [2.24, 2.45) is 0 Å². The first-order valence-corrected chi connectivity index (χ1v) is 7.82. The number of amides is 1. The molecule has 1 N–H and O–H groups in total. The van der Waals surface area contributed by atoms with Crippen molar-refractivity contribution in [1.29, 1.82) is 0 Å². The van der Waals surface area contributed by atoms with Gasteiger partial charge in [0.25, 0.3) is 5.91 Å². The molecule has 26 heavy (non-hydrogen) atoms. The predicted molar refractivity (Wildman–Crippen MR) is 91.1 cm³/mol. The van der Waals surface area contributed by atoms with E-state index in [9.17, 15) is 18.0 Å². The van der Waals surface area contributed by atoms with E-state index in [0.29, 0.717) is 16.3 Å². The third kappa shape index (κ3) is 3.88. The van der Waals surface area contributed by atoms with Crippen LogP contribution in [0.25, 0.3) is 11.5 Å². The number of alkyl halides is 3. The van der Waals surface area contributed by atoms with Gasteiger partial charge in [0.2, 0.25) is 5.89 Å². The first-order chi connectivity index (χ1) is 12.2. The van der Waals surface area contributed by atoms with Crippen LogP contribution in [-0.4, -0.2) is 10.9 Å². The summed E-state index contributed by atoms with van der Waals surface area (Å²) in [7, 11) is 0. The molecule has 3 aromatic rings. The number of benzene rings is 2. The van der Waals surface area contributed by atoms with Gasteiger partial charge in [-0.05, 0) is 48.9 Å². The zero-order chi connectivity index (χ0) is 18.9. The number of oxazole rings is 1. The Balaban J connectivity index is 1.76. The van der Waals surface area contributed by atoms with E-state index < -0.39 is 17.6 Å². The van der Waals surface area contributed by atoms with Gasteiger partial charge in [0.05, 0.1) is 5.56 Å². The van der Waals surface area contributed by atoms with Crippen LogP contribution >= 0.6 is 11.6 Å². The molecule has 0 saturated heterocycles. The largest absolute Gasteiger partial charge is 0.444 e. The SMILES string of the molecule is Cc1ccc(NC(=O)c2coc(-c3ccc(C(F)(F)F)cc3)n2)cc1Cl. The number of aryl methyl sites for hydroxylation is 1. The predicted octanol–water partition coefficient (Wildman–Crippen LogP) is 5.57. The molecule has 0 radical (unpaired) electrons. The Morgan fingerprint density at radius 2 is 1.85 bits per heavy atom. The molecule has 0 atom stereocenters. The molecule has 3 rings (SSSR count).